The molecule has 0 aromatic carbocycles. The smallest absolute Gasteiger partial charge is 0.122 e. The molecule has 16 heavy (non-hydrogen) atoms. The fourth-order valence-electron chi connectivity index (χ4n) is 1.69. The fraction of sp³-hybridized carbons (Fsp3) is 0.750. The topological polar surface area (TPSA) is 34.1 Å². The highest BCUT2D eigenvalue weighted by atomic mass is 32.1. The molecule has 1 aromatic heterocycles. The summed E-state index contributed by atoms with van der Waals surface area (Å²) in [5.41, 5.74) is 1.16. The average molecular weight is 240 g/mol. The molecule has 0 spiro atoms. The van der Waals surface area contributed by atoms with Crippen LogP contribution in [-0.4, -0.2) is 18.1 Å². The largest absolute Gasteiger partial charge is 0.374 e. The van der Waals surface area contributed by atoms with Crippen LogP contribution in [0.3, 0.4) is 0 Å². The van der Waals surface area contributed by atoms with Crippen LogP contribution in [0, 0.1) is 0 Å². The van der Waals surface area contributed by atoms with Gasteiger partial charge in [-0.3, -0.25) is 0 Å². The monoisotopic (exact) mass is 240 g/mol. The van der Waals surface area contributed by atoms with Gasteiger partial charge >= 0.3 is 0 Å². The van der Waals surface area contributed by atoms with E-state index in [2.05, 4.69) is 22.6 Å². The molecular formula is C12H20N2OS. The molecular weight excluding hydrogens is 220 g/mol. The van der Waals surface area contributed by atoms with Crippen molar-refractivity contribution in [1.29, 1.82) is 0 Å². The maximum atomic E-state index is 5.46. The van der Waals surface area contributed by atoms with Gasteiger partial charge in [-0.2, -0.15) is 0 Å². The van der Waals surface area contributed by atoms with Crippen LogP contribution < -0.4 is 5.32 Å². The second-order valence-electron chi connectivity index (χ2n) is 4.35. The summed E-state index contributed by atoms with van der Waals surface area (Å²) in [4.78, 5) is 4.63. The second kappa shape index (κ2) is 5.75. The highest BCUT2D eigenvalue weighted by molar-refractivity contribution is 7.09. The van der Waals surface area contributed by atoms with E-state index in [0.29, 0.717) is 0 Å². The summed E-state index contributed by atoms with van der Waals surface area (Å²) in [7, 11) is 1.77. The van der Waals surface area contributed by atoms with Gasteiger partial charge in [0.15, 0.2) is 0 Å². The molecule has 1 aromatic rings. The quantitative estimate of drug-likeness (QED) is 0.795. The highest BCUT2D eigenvalue weighted by Crippen LogP contribution is 2.26. The lowest BCUT2D eigenvalue weighted by Gasteiger charge is -2.10. The van der Waals surface area contributed by atoms with Crippen molar-refractivity contribution in [3.63, 3.8) is 0 Å². The molecule has 1 aliphatic carbocycles. The lowest BCUT2D eigenvalue weighted by Crippen LogP contribution is -2.15. The first-order chi connectivity index (χ1) is 7.83. The van der Waals surface area contributed by atoms with E-state index in [-0.39, 0.29) is 6.10 Å². The van der Waals surface area contributed by atoms with Gasteiger partial charge in [0.1, 0.15) is 11.1 Å². The van der Waals surface area contributed by atoms with E-state index in [1.54, 1.807) is 18.4 Å². The molecule has 0 bridgehead atoms. The summed E-state index contributed by atoms with van der Waals surface area (Å²) >= 11 is 1.72. The van der Waals surface area contributed by atoms with Gasteiger partial charge in [0.05, 0.1) is 5.69 Å². The molecule has 90 valence electrons. The third-order valence-corrected chi connectivity index (χ3v) is 3.82. The van der Waals surface area contributed by atoms with Gasteiger partial charge in [-0.1, -0.05) is 13.3 Å². The number of methoxy groups -OCH3 is 1. The van der Waals surface area contributed by atoms with Crippen LogP contribution in [-0.2, 0) is 11.3 Å². The summed E-state index contributed by atoms with van der Waals surface area (Å²) in [5, 5.41) is 6.75. The first-order valence-electron chi connectivity index (χ1n) is 6.04. The van der Waals surface area contributed by atoms with E-state index < -0.39 is 0 Å². The molecule has 0 aliphatic heterocycles. The Hall–Kier alpha value is -0.450. The first kappa shape index (κ1) is 12.0. The predicted molar refractivity (Wildman–Crippen MR) is 66.6 cm³/mol. The summed E-state index contributed by atoms with van der Waals surface area (Å²) < 4.78 is 5.46. The third kappa shape index (κ3) is 3.27. The Morgan fingerprint density at radius 3 is 3.06 bits per heavy atom. The van der Waals surface area contributed by atoms with Gasteiger partial charge in [-0.25, -0.2) is 4.98 Å². The Bertz CT molecular complexity index is 323. The number of nitrogens with one attached hydrogen (secondary N) is 1. The van der Waals surface area contributed by atoms with Crippen LogP contribution in [0.4, 0.5) is 0 Å². The third-order valence-electron chi connectivity index (χ3n) is 2.83. The van der Waals surface area contributed by atoms with Crippen molar-refractivity contribution >= 4 is 11.3 Å². The lowest BCUT2D eigenvalue weighted by atomic mass is 10.2. The minimum Gasteiger partial charge on any atom is -0.374 e. The first-order valence-corrected chi connectivity index (χ1v) is 6.92. The lowest BCUT2D eigenvalue weighted by molar-refractivity contribution is 0.0946. The molecule has 1 saturated carbocycles. The van der Waals surface area contributed by atoms with Crippen LogP contribution >= 0.6 is 11.3 Å². The zero-order valence-electron chi connectivity index (χ0n) is 10.0. The van der Waals surface area contributed by atoms with Crippen molar-refractivity contribution in [2.24, 2.45) is 0 Å². The van der Waals surface area contributed by atoms with E-state index in [4.69, 9.17) is 4.74 Å². The normalized spacial score (nSPS) is 17.6. The molecule has 1 atom stereocenters. The number of thiazole rings is 1. The Morgan fingerprint density at radius 2 is 2.44 bits per heavy atom. The zero-order valence-corrected chi connectivity index (χ0v) is 10.8. The summed E-state index contributed by atoms with van der Waals surface area (Å²) in [5.74, 6) is 0. The molecule has 0 radical (unpaired) electrons. The Labute approximate surface area is 101 Å². The van der Waals surface area contributed by atoms with Gasteiger partial charge in [0.25, 0.3) is 0 Å². The van der Waals surface area contributed by atoms with Crippen molar-refractivity contribution in [3.05, 3.63) is 16.1 Å². The molecule has 1 unspecified atom stereocenters. The SMILES string of the molecule is CCCC(OC)c1nc(CNC2CC2)cs1. The second-order valence-corrected chi connectivity index (χ2v) is 5.23. The summed E-state index contributed by atoms with van der Waals surface area (Å²) in [6.45, 7) is 3.08. The molecule has 1 aliphatic rings. The maximum absolute atomic E-state index is 5.46. The number of hydrogen-bond acceptors (Lipinski definition) is 4. The minimum absolute atomic E-state index is 0.185. The van der Waals surface area contributed by atoms with E-state index in [1.807, 2.05) is 0 Å². The zero-order chi connectivity index (χ0) is 11.4. The summed E-state index contributed by atoms with van der Waals surface area (Å²) in [6.07, 6.45) is 5.03. The molecule has 3 nitrogen and oxygen atoms in total. The number of nitrogens with zero attached hydrogens (tertiary/aromatic N) is 1. The van der Waals surface area contributed by atoms with Crippen molar-refractivity contribution in [1.82, 2.24) is 10.3 Å². The van der Waals surface area contributed by atoms with Gasteiger partial charge in [-0.15, -0.1) is 11.3 Å². The predicted octanol–water partition coefficient (Wildman–Crippen LogP) is 2.88. The van der Waals surface area contributed by atoms with Crippen LogP contribution in [0.2, 0.25) is 0 Å². The van der Waals surface area contributed by atoms with Gasteiger partial charge < -0.3 is 10.1 Å². The van der Waals surface area contributed by atoms with Crippen LogP contribution in [0.15, 0.2) is 5.38 Å². The van der Waals surface area contributed by atoms with E-state index >= 15 is 0 Å². The van der Waals surface area contributed by atoms with Crippen molar-refractivity contribution in [3.8, 4) is 0 Å². The molecule has 1 heterocycles. The Kier molecular flexibility index (Phi) is 4.32. The average Bonchev–Trinajstić information content (AvgIpc) is 3.02. The number of aromatic nitrogens is 1. The van der Waals surface area contributed by atoms with Crippen molar-refractivity contribution in [2.45, 2.75) is 51.3 Å². The standard InChI is InChI=1S/C12H20N2OS/c1-3-4-11(15-2)12-14-10(8-16-12)7-13-9-5-6-9/h8-9,11,13H,3-7H2,1-2H3. The van der Waals surface area contributed by atoms with Crippen molar-refractivity contribution < 1.29 is 4.74 Å². The maximum Gasteiger partial charge on any atom is 0.122 e. The molecule has 1 fully saturated rings. The molecule has 0 amide bonds. The molecule has 0 saturated heterocycles. The number of hydrogen-bond donors (Lipinski definition) is 1. The molecule has 4 heteroatoms. The number of rotatable bonds is 7. The van der Waals surface area contributed by atoms with Crippen molar-refractivity contribution in [2.75, 3.05) is 7.11 Å². The van der Waals surface area contributed by atoms with Crippen LogP contribution in [0.1, 0.15) is 49.4 Å². The summed E-state index contributed by atoms with van der Waals surface area (Å²) in [6, 6.07) is 0.749. The van der Waals surface area contributed by atoms with Crippen LogP contribution in [0.25, 0.3) is 0 Å². The number of ether oxygens (including phenoxy) is 1. The molecule has 2 rings (SSSR count). The van der Waals surface area contributed by atoms with E-state index in [0.717, 1.165) is 36.1 Å². The van der Waals surface area contributed by atoms with E-state index in [1.165, 1.54) is 12.8 Å². The van der Waals surface area contributed by atoms with Gasteiger partial charge in [-0.05, 0) is 19.3 Å². The molecule has 1 N–H and O–H groups in total. The van der Waals surface area contributed by atoms with Gasteiger partial charge in [0, 0.05) is 25.1 Å². The van der Waals surface area contributed by atoms with Gasteiger partial charge in [0.2, 0.25) is 0 Å². The Balaban J connectivity index is 1.88. The van der Waals surface area contributed by atoms with Crippen LogP contribution in [0.5, 0.6) is 0 Å². The fourth-order valence-corrected chi connectivity index (χ4v) is 2.62. The van der Waals surface area contributed by atoms with E-state index in [9.17, 15) is 0 Å². The highest BCUT2D eigenvalue weighted by Gasteiger charge is 2.21. The Morgan fingerprint density at radius 1 is 1.62 bits per heavy atom. The minimum atomic E-state index is 0.185.